The summed E-state index contributed by atoms with van der Waals surface area (Å²) < 4.78 is 5.31. The molecule has 4 N–H and O–H groups in total. The number of carbonyl (C=O) groups is 1. The van der Waals surface area contributed by atoms with Gasteiger partial charge in [0, 0.05) is 0 Å². The van der Waals surface area contributed by atoms with Crippen molar-refractivity contribution >= 4 is 11.9 Å². The van der Waals surface area contributed by atoms with Crippen LogP contribution in [0.25, 0.3) is 0 Å². The van der Waals surface area contributed by atoms with E-state index >= 15 is 0 Å². The van der Waals surface area contributed by atoms with Gasteiger partial charge in [-0.25, -0.2) is 0 Å². The van der Waals surface area contributed by atoms with E-state index in [2.05, 4.69) is 27.8 Å². The molecule has 96 valence electrons. The Balaban J connectivity index is 2.53. The van der Waals surface area contributed by atoms with Crippen molar-refractivity contribution in [3.63, 3.8) is 0 Å². The zero-order valence-electron chi connectivity index (χ0n) is 10.4. The van der Waals surface area contributed by atoms with Gasteiger partial charge in [0.15, 0.2) is 0 Å². The molecule has 1 amide bonds. The van der Waals surface area contributed by atoms with Crippen molar-refractivity contribution in [1.29, 1.82) is 0 Å². The highest BCUT2D eigenvalue weighted by atomic mass is 16.4. The Bertz CT molecular complexity index is 375. The second-order valence-electron chi connectivity index (χ2n) is 4.29. The maximum atomic E-state index is 11.1. The van der Waals surface area contributed by atoms with Gasteiger partial charge < -0.3 is 20.8 Å². The molecule has 0 aliphatic heterocycles. The van der Waals surface area contributed by atoms with Crippen molar-refractivity contribution < 1.29 is 9.21 Å². The number of primary amides is 1. The van der Waals surface area contributed by atoms with Crippen molar-refractivity contribution in [1.82, 2.24) is 15.5 Å². The molecular formula is C10H19N5O2. The SMILES string of the molecule is CCCNCc1nnc(NC(C)(C)C(N)=O)o1. The summed E-state index contributed by atoms with van der Waals surface area (Å²) >= 11 is 0. The number of hydrogen-bond acceptors (Lipinski definition) is 6. The van der Waals surface area contributed by atoms with Crippen LogP contribution >= 0.6 is 0 Å². The van der Waals surface area contributed by atoms with Gasteiger partial charge in [-0.05, 0) is 26.8 Å². The lowest BCUT2D eigenvalue weighted by molar-refractivity contribution is -0.121. The third-order valence-corrected chi connectivity index (χ3v) is 2.21. The predicted molar refractivity (Wildman–Crippen MR) is 63.2 cm³/mol. The van der Waals surface area contributed by atoms with Crippen LogP contribution in [0.4, 0.5) is 6.01 Å². The molecule has 0 radical (unpaired) electrons. The minimum Gasteiger partial charge on any atom is -0.407 e. The molecule has 0 saturated carbocycles. The average molecular weight is 241 g/mol. The molecule has 0 aliphatic carbocycles. The molecule has 17 heavy (non-hydrogen) atoms. The van der Waals surface area contributed by atoms with E-state index in [9.17, 15) is 4.79 Å². The highest BCUT2D eigenvalue weighted by molar-refractivity contribution is 5.86. The summed E-state index contributed by atoms with van der Waals surface area (Å²) in [5, 5.41) is 13.5. The van der Waals surface area contributed by atoms with Gasteiger partial charge in [0.05, 0.1) is 6.54 Å². The molecule has 1 rings (SSSR count). The summed E-state index contributed by atoms with van der Waals surface area (Å²) in [4.78, 5) is 11.1. The number of amides is 1. The first kappa shape index (κ1) is 13.4. The van der Waals surface area contributed by atoms with Gasteiger partial charge in [-0.15, -0.1) is 5.10 Å². The summed E-state index contributed by atoms with van der Waals surface area (Å²) in [6.45, 7) is 6.77. The summed E-state index contributed by atoms with van der Waals surface area (Å²) in [6.07, 6.45) is 1.04. The molecule has 7 nitrogen and oxygen atoms in total. The van der Waals surface area contributed by atoms with Gasteiger partial charge in [-0.2, -0.15) is 0 Å². The Morgan fingerprint density at radius 2 is 2.18 bits per heavy atom. The molecule has 0 spiro atoms. The van der Waals surface area contributed by atoms with E-state index in [4.69, 9.17) is 10.2 Å². The summed E-state index contributed by atoms with van der Waals surface area (Å²) in [5.41, 5.74) is 4.30. The molecule has 0 aromatic carbocycles. The van der Waals surface area contributed by atoms with Crippen molar-refractivity contribution in [3.05, 3.63) is 5.89 Å². The number of hydrogen-bond donors (Lipinski definition) is 3. The molecule has 1 heterocycles. The smallest absolute Gasteiger partial charge is 0.316 e. The van der Waals surface area contributed by atoms with Crippen molar-refractivity contribution in [2.75, 3.05) is 11.9 Å². The molecule has 0 unspecified atom stereocenters. The molecule has 0 bridgehead atoms. The van der Waals surface area contributed by atoms with Gasteiger partial charge >= 0.3 is 6.01 Å². The first-order valence-electron chi connectivity index (χ1n) is 5.57. The third-order valence-electron chi connectivity index (χ3n) is 2.21. The fourth-order valence-electron chi connectivity index (χ4n) is 1.08. The minimum absolute atomic E-state index is 0.196. The van der Waals surface area contributed by atoms with Gasteiger partial charge in [-0.3, -0.25) is 4.79 Å². The number of nitrogens with two attached hydrogens (primary N) is 1. The highest BCUT2D eigenvalue weighted by Gasteiger charge is 2.26. The van der Waals surface area contributed by atoms with E-state index in [1.807, 2.05) is 0 Å². The van der Waals surface area contributed by atoms with Crippen LogP contribution in [0.5, 0.6) is 0 Å². The first-order chi connectivity index (χ1) is 7.95. The third kappa shape index (κ3) is 4.03. The van der Waals surface area contributed by atoms with Gasteiger partial charge in [-0.1, -0.05) is 12.0 Å². The molecule has 0 saturated heterocycles. The minimum atomic E-state index is -0.916. The lowest BCUT2D eigenvalue weighted by Gasteiger charge is -2.20. The van der Waals surface area contributed by atoms with Gasteiger partial charge in [0.2, 0.25) is 11.8 Å². The monoisotopic (exact) mass is 241 g/mol. The summed E-state index contributed by atoms with van der Waals surface area (Å²) in [7, 11) is 0. The number of aromatic nitrogens is 2. The number of nitrogens with one attached hydrogen (secondary N) is 2. The maximum Gasteiger partial charge on any atom is 0.316 e. The van der Waals surface area contributed by atoms with Crippen molar-refractivity contribution in [2.45, 2.75) is 39.3 Å². The van der Waals surface area contributed by atoms with E-state index in [-0.39, 0.29) is 6.01 Å². The number of nitrogens with zero attached hydrogens (tertiary/aromatic N) is 2. The van der Waals surface area contributed by atoms with Crippen molar-refractivity contribution in [2.24, 2.45) is 5.73 Å². The Labute approximate surface area is 100 Å². The van der Waals surface area contributed by atoms with E-state index in [0.29, 0.717) is 12.4 Å². The first-order valence-corrected chi connectivity index (χ1v) is 5.57. The fourth-order valence-corrected chi connectivity index (χ4v) is 1.08. The Morgan fingerprint density at radius 1 is 1.47 bits per heavy atom. The van der Waals surface area contributed by atoms with Gasteiger partial charge in [0.1, 0.15) is 5.54 Å². The van der Waals surface area contributed by atoms with Crippen molar-refractivity contribution in [3.8, 4) is 0 Å². The van der Waals surface area contributed by atoms with Crippen LogP contribution in [-0.2, 0) is 11.3 Å². The quantitative estimate of drug-likeness (QED) is 0.591. The maximum absolute atomic E-state index is 11.1. The standard InChI is InChI=1S/C10H19N5O2/c1-4-5-12-6-7-14-15-9(17-7)13-10(2,3)8(11)16/h12H,4-6H2,1-3H3,(H2,11,16)(H,13,15). The predicted octanol–water partition coefficient (Wildman–Crippen LogP) is 0.245. The van der Waals surface area contributed by atoms with E-state index in [1.165, 1.54) is 0 Å². The summed E-state index contributed by atoms with van der Waals surface area (Å²) in [5.74, 6) is -0.0115. The van der Waals surface area contributed by atoms with Gasteiger partial charge in [0.25, 0.3) is 0 Å². The molecule has 1 aromatic heterocycles. The fraction of sp³-hybridized carbons (Fsp3) is 0.700. The second-order valence-corrected chi connectivity index (χ2v) is 4.29. The van der Waals surface area contributed by atoms with Crippen LogP contribution in [-0.4, -0.2) is 28.2 Å². The lowest BCUT2D eigenvalue weighted by atomic mass is 10.1. The van der Waals surface area contributed by atoms with Crippen LogP contribution in [0, 0.1) is 0 Å². The number of rotatable bonds is 7. The zero-order chi connectivity index (χ0) is 12.9. The van der Waals surface area contributed by atoms with Crippen LogP contribution in [0.2, 0.25) is 0 Å². The Morgan fingerprint density at radius 3 is 2.76 bits per heavy atom. The highest BCUT2D eigenvalue weighted by Crippen LogP contribution is 2.13. The lowest BCUT2D eigenvalue weighted by Crippen LogP contribution is -2.45. The summed E-state index contributed by atoms with van der Waals surface area (Å²) in [6, 6.07) is 0.196. The molecule has 0 aliphatic rings. The van der Waals surface area contributed by atoms with E-state index < -0.39 is 11.4 Å². The van der Waals surface area contributed by atoms with E-state index in [1.54, 1.807) is 13.8 Å². The number of anilines is 1. The normalized spacial score (nSPS) is 11.5. The van der Waals surface area contributed by atoms with Crippen LogP contribution in [0.1, 0.15) is 33.1 Å². The molecule has 0 atom stereocenters. The Hall–Kier alpha value is -1.63. The molecule has 0 fully saturated rings. The van der Waals surface area contributed by atoms with Crippen LogP contribution in [0.15, 0.2) is 4.42 Å². The zero-order valence-corrected chi connectivity index (χ0v) is 10.4. The Kier molecular flexibility index (Phi) is 4.45. The van der Waals surface area contributed by atoms with Crippen LogP contribution in [0.3, 0.4) is 0 Å². The topological polar surface area (TPSA) is 106 Å². The number of carbonyl (C=O) groups excluding carboxylic acids is 1. The molecule has 1 aromatic rings. The largest absolute Gasteiger partial charge is 0.407 e. The molecule has 7 heteroatoms. The van der Waals surface area contributed by atoms with Crippen LogP contribution < -0.4 is 16.4 Å². The molecular weight excluding hydrogens is 222 g/mol. The van der Waals surface area contributed by atoms with E-state index in [0.717, 1.165) is 13.0 Å². The second kappa shape index (κ2) is 5.62. The average Bonchev–Trinajstić information content (AvgIpc) is 2.65.